The number of rotatable bonds is 5. The molecule has 6 nitrogen and oxygen atoms in total. The Morgan fingerprint density at radius 3 is 2.91 bits per heavy atom. The van der Waals surface area contributed by atoms with Crippen LogP contribution in [0.3, 0.4) is 0 Å². The number of benzene rings is 1. The molecule has 1 amide bonds. The zero-order valence-electron chi connectivity index (χ0n) is 12.5. The van der Waals surface area contributed by atoms with Gasteiger partial charge in [-0.1, -0.05) is 0 Å². The molecule has 0 saturated heterocycles. The summed E-state index contributed by atoms with van der Waals surface area (Å²) in [5, 5.41) is 3.57. The Hall–Kier alpha value is -2.44. The van der Waals surface area contributed by atoms with Crippen molar-refractivity contribution in [2.24, 2.45) is 0 Å². The third-order valence-electron chi connectivity index (χ3n) is 3.57. The molecule has 1 aliphatic rings. The molecule has 0 atom stereocenters. The number of methoxy groups -OCH3 is 1. The fraction of sp³-hybridized carbons (Fsp3) is 0.400. The number of nitrogens with zero attached hydrogens (tertiary/aromatic N) is 3. The molecule has 7 heteroatoms. The monoisotopic (exact) mass is 304 g/mol. The SMILES string of the molecule is COc1cc2c(N(C)CC(=O)NC3CC3)ncnc2cc1F. The van der Waals surface area contributed by atoms with Gasteiger partial charge in [0.2, 0.25) is 5.91 Å². The highest BCUT2D eigenvalue weighted by Crippen LogP contribution is 2.28. The minimum absolute atomic E-state index is 0.0501. The number of ether oxygens (including phenoxy) is 1. The average molecular weight is 304 g/mol. The molecule has 2 aromatic rings. The number of aromatic nitrogens is 2. The van der Waals surface area contributed by atoms with Gasteiger partial charge in [-0.25, -0.2) is 14.4 Å². The van der Waals surface area contributed by atoms with Crippen molar-refractivity contribution in [3.63, 3.8) is 0 Å². The minimum atomic E-state index is -0.478. The van der Waals surface area contributed by atoms with Crippen molar-refractivity contribution >= 4 is 22.6 Å². The largest absolute Gasteiger partial charge is 0.494 e. The Morgan fingerprint density at radius 1 is 1.45 bits per heavy atom. The fourth-order valence-electron chi connectivity index (χ4n) is 2.30. The normalized spacial score (nSPS) is 14.0. The van der Waals surface area contributed by atoms with Gasteiger partial charge in [-0.2, -0.15) is 0 Å². The first-order valence-corrected chi connectivity index (χ1v) is 7.07. The summed E-state index contributed by atoms with van der Waals surface area (Å²) in [5.74, 6) is 0.160. The van der Waals surface area contributed by atoms with Gasteiger partial charge in [0.15, 0.2) is 11.6 Å². The van der Waals surface area contributed by atoms with Gasteiger partial charge in [0.1, 0.15) is 12.1 Å². The van der Waals surface area contributed by atoms with E-state index >= 15 is 0 Å². The van der Waals surface area contributed by atoms with Crippen molar-refractivity contribution in [1.29, 1.82) is 0 Å². The molecule has 1 heterocycles. The molecule has 1 saturated carbocycles. The van der Waals surface area contributed by atoms with Crippen LogP contribution in [-0.2, 0) is 4.79 Å². The Kier molecular flexibility index (Phi) is 3.79. The highest BCUT2D eigenvalue weighted by atomic mass is 19.1. The van der Waals surface area contributed by atoms with Crippen molar-refractivity contribution in [1.82, 2.24) is 15.3 Å². The standard InChI is InChI=1S/C15H17FN4O2/c1-20(7-14(21)19-9-3-4-9)15-10-5-13(22-2)11(16)6-12(10)17-8-18-15/h5-6,8-9H,3-4,7H2,1-2H3,(H,19,21). The Bertz CT molecular complexity index is 718. The maximum atomic E-state index is 13.8. The summed E-state index contributed by atoms with van der Waals surface area (Å²) < 4.78 is 18.8. The number of nitrogens with one attached hydrogen (secondary N) is 1. The van der Waals surface area contributed by atoms with Crippen LogP contribution in [0.2, 0.25) is 0 Å². The molecule has 1 aromatic carbocycles. The predicted octanol–water partition coefficient (Wildman–Crippen LogP) is 1.49. The number of fused-ring (bicyclic) bond motifs is 1. The van der Waals surface area contributed by atoms with E-state index in [0.29, 0.717) is 22.8 Å². The molecule has 0 spiro atoms. The fourth-order valence-corrected chi connectivity index (χ4v) is 2.30. The Morgan fingerprint density at radius 2 is 2.23 bits per heavy atom. The second kappa shape index (κ2) is 5.75. The van der Waals surface area contributed by atoms with E-state index < -0.39 is 5.82 Å². The molecular formula is C15H17FN4O2. The van der Waals surface area contributed by atoms with Gasteiger partial charge >= 0.3 is 0 Å². The first-order valence-electron chi connectivity index (χ1n) is 7.07. The van der Waals surface area contributed by atoms with Crippen molar-refractivity contribution < 1.29 is 13.9 Å². The highest BCUT2D eigenvalue weighted by Gasteiger charge is 2.24. The van der Waals surface area contributed by atoms with Crippen molar-refractivity contribution in [3.05, 3.63) is 24.3 Å². The van der Waals surface area contributed by atoms with Gasteiger partial charge in [-0.05, 0) is 18.9 Å². The van der Waals surface area contributed by atoms with E-state index in [9.17, 15) is 9.18 Å². The first kappa shape index (κ1) is 14.5. The third kappa shape index (κ3) is 2.93. The molecule has 22 heavy (non-hydrogen) atoms. The maximum Gasteiger partial charge on any atom is 0.239 e. The lowest BCUT2D eigenvalue weighted by Crippen LogP contribution is -2.36. The van der Waals surface area contributed by atoms with E-state index in [1.54, 1.807) is 18.0 Å². The molecule has 1 N–H and O–H groups in total. The summed E-state index contributed by atoms with van der Waals surface area (Å²) in [5.41, 5.74) is 0.470. The van der Waals surface area contributed by atoms with Gasteiger partial charge in [0.25, 0.3) is 0 Å². The van der Waals surface area contributed by atoms with Crippen LogP contribution < -0.4 is 15.0 Å². The van der Waals surface area contributed by atoms with Gasteiger partial charge in [0, 0.05) is 24.5 Å². The highest BCUT2D eigenvalue weighted by molar-refractivity contribution is 5.92. The van der Waals surface area contributed by atoms with Crippen LogP contribution in [0.5, 0.6) is 5.75 Å². The minimum Gasteiger partial charge on any atom is -0.494 e. The lowest BCUT2D eigenvalue weighted by molar-refractivity contribution is -0.119. The van der Waals surface area contributed by atoms with E-state index in [-0.39, 0.29) is 18.2 Å². The van der Waals surface area contributed by atoms with Crippen LogP contribution in [-0.4, -0.2) is 42.6 Å². The van der Waals surface area contributed by atoms with Crippen LogP contribution in [0.15, 0.2) is 18.5 Å². The summed E-state index contributed by atoms with van der Waals surface area (Å²) in [4.78, 5) is 21.9. The summed E-state index contributed by atoms with van der Waals surface area (Å²) in [7, 11) is 3.17. The summed E-state index contributed by atoms with van der Waals surface area (Å²) in [6, 6.07) is 3.17. The Labute approximate surface area is 127 Å². The van der Waals surface area contributed by atoms with Crippen LogP contribution in [0.25, 0.3) is 10.9 Å². The van der Waals surface area contributed by atoms with Gasteiger partial charge < -0.3 is 15.0 Å². The first-order chi connectivity index (χ1) is 10.6. The molecule has 3 rings (SSSR count). The number of anilines is 1. The van der Waals surface area contributed by atoms with Crippen LogP contribution in [0.4, 0.5) is 10.2 Å². The van der Waals surface area contributed by atoms with Gasteiger partial charge in [0.05, 0.1) is 19.2 Å². The van der Waals surface area contributed by atoms with Crippen molar-refractivity contribution in [2.45, 2.75) is 18.9 Å². The number of halogens is 1. The molecule has 0 bridgehead atoms. The number of carbonyl (C=O) groups excluding carboxylic acids is 1. The van der Waals surface area contributed by atoms with Crippen molar-refractivity contribution in [2.75, 3.05) is 25.6 Å². The number of amides is 1. The molecule has 1 fully saturated rings. The molecule has 0 aliphatic heterocycles. The maximum absolute atomic E-state index is 13.8. The predicted molar refractivity (Wildman–Crippen MR) is 80.5 cm³/mol. The molecule has 0 radical (unpaired) electrons. The quantitative estimate of drug-likeness (QED) is 0.906. The van der Waals surface area contributed by atoms with E-state index in [1.165, 1.54) is 19.5 Å². The smallest absolute Gasteiger partial charge is 0.239 e. The number of hydrogen-bond donors (Lipinski definition) is 1. The molecular weight excluding hydrogens is 287 g/mol. The topological polar surface area (TPSA) is 67.3 Å². The molecule has 1 aliphatic carbocycles. The average Bonchev–Trinajstić information content (AvgIpc) is 3.29. The Balaban J connectivity index is 1.89. The number of hydrogen-bond acceptors (Lipinski definition) is 5. The molecule has 1 aromatic heterocycles. The summed E-state index contributed by atoms with van der Waals surface area (Å²) in [6.07, 6.45) is 3.45. The zero-order valence-corrected chi connectivity index (χ0v) is 12.5. The van der Waals surface area contributed by atoms with Crippen molar-refractivity contribution in [3.8, 4) is 5.75 Å². The molecule has 116 valence electrons. The lowest BCUT2D eigenvalue weighted by Gasteiger charge is -2.19. The number of likely N-dealkylation sites (N-methyl/N-ethyl adjacent to an activating group) is 1. The van der Waals surface area contributed by atoms with E-state index in [1.807, 2.05) is 0 Å². The van der Waals surface area contributed by atoms with Gasteiger partial charge in [-0.3, -0.25) is 4.79 Å². The van der Waals surface area contributed by atoms with Crippen LogP contribution >= 0.6 is 0 Å². The third-order valence-corrected chi connectivity index (χ3v) is 3.57. The lowest BCUT2D eigenvalue weighted by atomic mass is 10.2. The van der Waals surface area contributed by atoms with Crippen LogP contribution in [0, 0.1) is 5.82 Å². The molecule has 0 unspecified atom stereocenters. The summed E-state index contributed by atoms with van der Waals surface area (Å²) >= 11 is 0. The van der Waals surface area contributed by atoms with E-state index in [2.05, 4.69) is 15.3 Å². The van der Waals surface area contributed by atoms with E-state index in [0.717, 1.165) is 12.8 Å². The summed E-state index contributed by atoms with van der Waals surface area (Å²) in [6.45, 7) is 0.183. The van der Waals surface area contributed by atoms with Gasteiger partial charge in [-0.15, -0.1) is 0 Å². The zero-order chi connectivity index (χ0) is 15.7. The van der Waals surface area contributed by atoms with Crippen LogP contribution in [0.1, 0.15) is 12.8 Å². The number of carbonyl (C=O) groups is 1. The second-order valence-electron chi connectivity index (χ2n) is 5.40. The van der Waals surface area contributed by atoms with E-state index in [4.69, 9.17) is 4.74 Å². The second-order valence-corrected chi connectivity index (χ2v) is 5.40.